The fraction of sp³-hybridized carbons (Fsp3) is 0.550. The zero-order chi connectivity index (χ0) is 18.7. The Kier molecular flexibility index (Phi) is 5.41. The Hall–Kier alpha value is -2.21. The molecule has 1 fully saturated rings. The van der Waals surface area contributed by atoms with Crippen molar-refractivity contribution in [1.82, 2.24) is 19.7 Å². The van der Waals surface area contributed by atoms with Gasteiger partial charge in [0, 0.05) is 31.6 Å². The van der Waals surface area contributed by atoms with Crippen LogP contribution in [-0.2, 0) is 13.5 Å². The maximum atomic E-state index is 12.9. The molecule has 6 nitrogen and oxygen atoms in total. The highest BCUT2D eigenvalue weighted by molar-refractivity contribution is 5.94. The van der Waals surface area contributed by atoms with Crippen molar-refractivity contribution in [1.29, 1.82) is 0 Å². The Labute approximate surface area is 154 Å². The monoisotopic (exact) mass is 356 g/mol. The number of likely N-dealkylation sites (tertiary alicyclic amines) is 1. The van der Waals surface area contributed by atoms with Crippen LogP contribution in [0.25, 0.3) is 0 Å². The van der Waals surface area contributed by atoms with Crippen molar-refractivity contribution in [2.75, 3.05) is 13.1 Å². The average molecular weight is 356 g/mol. The van der Waals surface area contributed by atoms with E-state index in [0.29, 0.717) is 13.0 Å². The largest absolute Gasteiger partial charge is 0.390 e. The van der Waals surface area contributed by atoms with Crippen molar-refractivity contribution in [2.24, 2.45) is 7.05 Å². The van der Waals surface area contributed by atoms with Crippen LogP contribution in [0.15, 0.2) is 30.6 Å². The van der Waals surface area contributed by atoms with E-state index in [1.807, 2.05) is 54.6 Å². The first-order valence-electron chi connectivity index (χ1n) is 9.28. The number of carbonyl (C=O) groups is 1. The van der Waals surface area contributed by atoms with Crippen LogP contribution in [0, 0.1) is 0 Å². The number of piperidine rings is 1. The summed E-state index contributed by atoms with van der Waals surface area (Å²) < 4.78 is 1.94. The van der Waals surface area contributed by atoms with Crippen LogP contribution in [0.2, 0.25) is 0 Å². The van der Waals surface area contributed by atoms with E-state index in [4.69, 9.17) is 0 Å². The van der Waals surface area contributed by atoms with Crippen molar-refractivity contribution < 1.29 is 9.90 Å². The van der Waals surface area contributed by atoms with Crippen molar-refractivity contribution in [2.45, 2.75) is 51.0 Å². The lowest BCUT2D eigenvalue weighted by Gasteiger charge is -2.32. The predicted octanol–water partition coefficient (Wildman–Crippen LogP) is 2.54. The molecule has 0 aliphatic carbocycles. The molecule has 1 amide bonds. The molecule has 0 saturated carbocycles. The van der Waals surface area contributed by atoms with Gasteiger partial charge in [-0.2, -0.15) is 0 Å². The molecular formula is C20H28N4O2. The van der Waals surface area contributed by atoms with Gasteiger partial charge >= 0.3 is 0 Å². The molecule has 1 saturated heterocycles. The second-order valence-electron chi connectivity index (χ2n) is 7.90. The summed E-state index contributed by atoms with van der Waals surface area (Å²) in [5.41, 5.74) is 1.19. The SMILES string of the molecule is Cn1cnnc1[C@@H]1CCCN(C(=O)c2ccc(CCC(C)(C)O)cc2)C1. The van der Waals surface area contributed by atoms with E-state index in [1.165, 1.54) is 0 Å². The van der Waals surface area contributed by atoms with E-state index in [2.05, 4.69) is 10.2 Å². The van der Waals surface area contributed by atoms with E-state index in [-0.39, 0.29) is 11.8 Å². The average Bonchev–Trinajstić information content (AvgIpc) is 3.05. The molecule has 1 aliphatic rings. The van der Waals surface area contributed by atoms with Gasteiger partial charge in [-0.15, -0.1) is 10.2 Å². The number of hydrogen-bond donors (Lipinski definition) is 1. The number of amides is 1. The number of nitrogens with zero attached hydrogens (tertiary/aromatic N) is 4. The molecule has 2 aromatic rings. The third-order valence-electron chi connectivity index (χ3n) is 5.05. The van der Waals surface area contributed by atoms with Crippen molar-refractivity contribution in [3.05, 3.63) is 47.5 Å². The number of rotatable bonds is 5. The first kappa shape index (κ1) is 18.6. The second-order valence-corrected chi connectivity index (χ2v) is 7.90. The van der Waals surface area contributed by atoms with Crippen LogP contribution >= 0.6 is 0 Å². The summed E-state index contributed by atoms with van der Waals surface area (Å²) in [6.07, 6.45) is 5.23. The molecule has 1 N–H and O–H groups in total. The van der Waals surface area contributed by atoms with Crippen LogP contribution in [0.3, 0.4) is 0 Å². The highest BCUT2D eigenvalue weighted by Gasteiger charge is 2.28. The number of carbonyl (C=O) groups excluding carboxylic acids is 1. The smallest absolute Gasteiger partial charge is 0.253 e. The van der Waals surface area contributed by atoms with Gasteiger partial charge in [-0.05, 0) is 57.2 Å². The van der Waals surface area contributed by atoms with Gasteiger partial charge in [-0.1, -0.05) is 12.1 Å². The molecular weight excluding hydrogens is 328 g/mol. The van der Waals surface area contributed by atoms with Gasteiger partial charge in [-0.25, -0.2) is 0 Å². The standard InChI is InChI=1S/C20H28N4O2/c1-20(2,26)11-10-15-6-8-16(9-7-15)19(25)24-12-4-5-17(13-24)18-22-21-14-23(18)3/h6-9,14,17,26H,4-5,10-13H2,1-3H3/t17-/m1/s1. The van der Waals surface area contributed by atoms with E-state index in [9.17, 15) is 9.90 Å². The number of aromatic nitrogens is 3. The molecule has 1 aliphatic heterocycles. The first-order chi connectivity index (χ1) is 12.3. The lowest BCUT2D eigenvalue weighted by molar-refractivity contribution is 0.0697. The fourth-order valence-corrected chi connectivity index (χ4v) is 3.48. The molecule has 26 heavy (non-hydrogen) atoms. The molecule has 0 spiro atoms. The van der Waals surface area contributed by atoms with Crippen LogP contribution in [-0.4, -0.2) is 49.4 Å². The maximum absolute atomic E-state index is 12.9. The minimum atomic E-state index is -0.670. The molecule has 140 valence electrons. The second kappa shape index (κ2) is 7.58. The lowest BCUT2D eigenvalue weighted by Crippen LogP contribution is -2.39. The first-order valence-corrected chi connectivity index (χ1v) is 9.28. The summed E-state index contributed by atoms with van der Waals surface area (Å²) in [7, 11) is 1.95. The third kappa shape index (κ3) is 4.49. The number of benzene rings is 1. The van der Waals surface area contributed by atoms with E-state index in [1.54, 1.807) is 6.33 Å². The zero-order valence-electron chi connectivity index (χ0n) is 15.9. The minimum absolute atomic E-state index is 0.0749. The van der Waals surface area contributed by atoms with Crippen molar-refractivity contribution in [3.8, 4) is 0 Å². The molecule has 2 heterocycles. The summed E-state index contributed by atoms with van der Waals surface area (Å²) in [6, 6.07) is 7.77. The Morgan fingerprint density at radius 1 is 1.31 bits per heavy atom. The molecule has 1 aromatic carbocycles. The number of aliphatic hydroxyl groups is 1. The third-order valence-corrected chi connectivity index (χ3v) is 5.05. The van der Waals surface area contributed by atoms with Gasteiger partial charge in [0.25, 0.3) is 5.91 Å². The minimum Gasteiger partial charge on any atom is -0.390 e. The summed E-state index contributed by atoms with van der Waals surface area (Å²) >= 11 is 0. The van der Waals surface area contributed by atoms with Crippen molar-refractivity contribution >= 4 is 5.91 Å². The van der Waals surface area contributed by atoms with E-state index >= 15 is 0 Å². The normalized spacial score (nSPS) is 18.2. The van der Waals surface area contributed by atoms with Gasteiger partial charge in [0.1, 0.15) is 12.2 Å². The highest BCUT2D eigenvalue weighted by atomic mass is 16.3. The molecule has 1 atom stereocenters. The van der Waals surface area contributed by atoms with Crippen LogP contribution in [0.1, 0.15) is 60.8 Å². The Morgan fingerprint density at radius 2 is 2.04 bits per heavy atom. The van der Waals surface area contributed by atoms with E-state index < -0.39 is 5.60 Å². The van der Waals surface area contributed by atoms with Gasteiger partial charge in [0.05, 0.1) is 5.60 Å². The molecule has 0 bridgehead atoms. The number of aryl methyl sites for hydroxylation is 2. The molecule has 3 rings (SSSR count). The van der Waals surface area contributed by atoms with Gasteiger partial charge in [0.2, 0.25) is 0 Å². The van der Waals surface area contributed by atoms with Crippen LogP contribution < -0.4 is 0 Å². The van der Waals surface area contributed by atoms with Gasteiger partial charge in [0.15, 0.2) is 0 Å². The van der Waals surface area contributed by atoms with E-state index in [0.717, 1.165) is 42.8 Å². The predicted molar refractivity (Wildman–Crippen MR) is 99.9 cm³/mol. The summed E-state index contributed by atoms with van der Waals surface area (Å²) in [6.45, 7) is 5.10. The highest BCUT2D eigenvalue weighted by Crippen LogP contribution is 2.26. The molecule has 0 radical (unpaired) electrons. The fourth-order valence-electron chi connectivity index (χ4n) is 3.48. The molecule has 6 heteroatoms. The Balaban J connectivity index is 1.64. The number of hydrogen-bond acceptors (Lipinski definition) is 4. The maximum Gasteiger partial charge on any atom is 0.253 e. The molecule has 1 aromatic heterocycles. The van der Waals surface area contributed by atoms with Gasteiger partial charge < -0.3 is 14.6 Å². The topological polar surface area (TPSA) is 71.2 Å². The Bertz CT molecular complexity index is 746. The zero-order valence-corrected chi connectivity index (χ0v) is 15.9. The summed E-state index contributed by atoms with van der Waals surface area (Å²) in [5, 5.41) is 18.0. The molecule has 0 unspecified atom stereocenters. The summed E-state index contributed by atoms with van der Waals surface area (Å²) in [5.74, 6) is 1.27. The van der Waals surface area contributed by atoms with Crippen LogP contribution in [0.5, 0.6) is 0 Å². The van der Waals surface area contributed by atoms with Crippen molar-refractivity contribution in [3.63, 3.8) is 0 Å². The quantitative estimate of drug-likeness (QED) is 0.894. The van der Waals surface area contributed by atoms with Crippen LogP contribution in [0.4, 0.5) is 0 Å². The Morgan fingerprint density at radius 3 is 2.65 bits per heavy atom. The lowest BCUT2D eigenvalue weighted by atomic mass is 9.96. The van der Waals surface area contributed by atoms with Gasteiger partial charge in [-0.3, -0.25) is 4.79 Å². The summed E-state index contributed by atoms with van der Waals surface area (Å²) in [4.78, 5) is 14.8.